The Morgan fingerprint density at radius 3 is 1.69 bits per heavy atom. The molecule has 0 radical (unpaired) electrons. The lowest BCUT2D eigenvalue weighted by atomic mass is 9.85. The number of carboxylic acids is 2. The van der Waals surface area contributed by atoms with Gasteiger partial charge in [0.25, 0.3) is 0 Å². The quantitative estimate of drug-likeness (QED) is 0.347. The van der Waals surface area contributed by atoms with Crippen LogP contribution in [0.3, 0.4) is 0 Å². The van der Waals surface area contributed by atoms with Crippen LogP contribution in [0.4, 0.5) is 0 Å². The average molecular weight is 371 g/mol. The lowest BCUT2D eigenvalue weighted by Gasteiger charge is -2.24. The van der Waals surface area contributed by atoms with Gasteiger partial charge >= 0.3 is 11.9 Å². The van der Waals surface area contributed by atoms with Crippen LogP contribution >= 0.6 is 0 Å². The fraction of sp³-hybridized carbons (Fsp3) is 0.905. The maximum absolute atomic E-state index is 10.8. The molecule has 0 spiro atoms. The van der Waals surface area contributed by atoms with Gasteiger partial charge in [-0.15, -0.1) is 0 Å². The smallest absolute Gasteiger partial charge is 0.306 e. The predicted molar refractivity (Wildman–Crippen MR) is 102 cm³/mol. The Morgan fingerprint density at radius 2 is 1.19 bits per heavy atom. The second kappa shape index (κ2) is 13.1. The first-order valence-electron chi connectivity index (χ1n) is 10.6. The standard InChI is InChI=1S/C21H38O5/c22-19(23)16-21(26,17-20(24)25)15-11-6-4-2-1-3-5-8-12-18-13-9-7-10-14-18/h18,26H,1-17H2,(H,22,23)(H,24,25). The molecular weight excluding hydrogens is 332 g/mol. The van der Waals surface area contributed by atoms with Crippen molar-refractivity contribution in [2.75, 3.05) is 0 Å². The lowest BCUT2D eigenvalue weighted by molar-refractivity contribution is -0.149. The van der Waals surface area contributed by atoms with E-state index in [-0.39, 0.29) is 6.42 Å². The molecule has 0 aromatic rings. The molecule has 3 N–H and O–H groups in total. The Kier molecular flexibility index (Phi) is 11.6. The van der Waals surface area contributed by atoms with Crippen LogP contribution in [0.25, 0.3) is 0 Å². The molecule has 152 valence electrons. The number of rotatable bonds is 15. The van der Waals surface area contributed by atoms with Gasteiger partial charge in [-0.05, 0) is 12.3 Å². The highest BCUT2D eigenvalue weighted by Gasteiger charge is 2.32. The van der Waals surface area contributed by atoms with Crippen molar-refractivity contribution in [2.24, 2.45) is 5.92 Å². The average Bonchev–Trinajstić information content (AvgIpc) is 2.56. The fourth-order valence-electron chi connectivity index (χ4n) is 4.23. The molecule has 0 atom stereocenters. The number of unbranched alkanes of at least 4 members (excludes halogenated alkanes) is 7. The highest BCUT2D eigenvalue weighted by Crippen LogP contribution is 2.28. The van der Waals surface area contributed by atoms with Crippen molar-refractivity contribution >= 4 is 11.9 Å². The normalized spacial score (nSPS) is 15.9. The largest absolute Gasteiger partial charge is 0.481 e. The van der Waals surface area contributed by atoms with Gasteiger partial charge in [0.05, 0.1) is 18.4 Å². The first-order chi connectivity index (χ1) is 12.4. The lowest BCUT2D eigenvalue weighted by Crippen LogP contribution is -2.34. The van der Waals surface area contributed by atoms with Crippen LogP contribution in [0.15, 0.2) is 0 Å². The molecule has 0 amide bonds. The maximum atomic E-state index is 10.8. The second-order valence-electron chi connectivity index (χ2n) is 8.24. The van der Waals surface area contributed by atoms with E-state index in [0.717, 1.165) is 18.8 Å². The van der Waals surface area contributed by atoms with Crippen LogP contribution in [0.1, 0.15) is 109 Å². The number of aliphatic carboxylic acids is 2. The van der Waals surface area contributed by atoms with E-state index in [1.54, 1.807) is 0 Å². The molecule has 0 aromatic carbocycles. The van der Waals surface area contributed by atoms with Crippen molar-refractivity contribution in [3.63, 3.8) is 0 Å². The molecule has 0 saturated heterocycles. The molecule has 1 saturated carbocycles. The van der Waals surface area contributed by atoms with Crippen molar-refractivity contribution < 1.29 is 24.9 Å². The van der Waals surface area contributed by atoms with Gasteiger partial charge < -0.3 is 15.3 Å². The van der Waals surface area contributed by atoms with E-state index >= 15 is 0 Å². The number of carboxylic acid groups (broad SMARTS) is 2. The highest BCUT2D eigenvalue weighted by atomic mass is 16.4. The van der Waals surface area contributed by atoms with Crippen LogP contribution < -0.4 is 0 Å². The molecule has 26 heavy (non-hydrogen) atoms. The second-order valence-corrected chi connectivity index (χ2v) is 8.24. The Bertz CT molecular complexity index is 385. The summed E-state index contributed by atoms with van der Waals surface area (Å²) in [6, 6.07) is 0. The number of hydrogen-bond acceptors (Lipinski definition) is 3. The van der Waals surface area contributed by atoms with E-state index in [4.69, 9.17) is 10.2 Å². The first kappa shape index (κ1) is 22.9. The summed E-state index contributed by atoms with van der Waals surface area (Å²) in [5.41, 5.74) is -1.61. The van der Waals surface area contributed by atoms with Crippen molar-refractivity contribution in [1.29, 1.82) is 0 Å². The number of hydrogen-bond donors (Lipinski definition) is 3. The van der Waals surface area contributed by atoms with Crippen molar-refractivity contribution in [2.45, 2.75) is 115 Å². The first-order valence-corrected chi connectivity index (χ1v) is 10.6. The third-order valence-electron chi connectivity index (χ3n) is 5.69. The Hall–Kier alpha value is -1.10. The molecule has 1 aliphatic carbocycles. The van der Waals surface area contributed by atoms with Crippen molar-refractivity contribution in [3.8, 4) is 0 Å². The minimum Gasteiger partial charge on any atom is -0.481 e. The van der Waals surface area contributed by atoms with Gasteiger partial charge in [-0.1, -0.05) is 89.9 Å². The topological polar surface area (TPSA) is 94.8 Å². The van der Waals surface area contributed by atoms with Gasteiger partial charge in [0, 0.05) is 0 Å². The summed E-state index contributed by atoms with van der Waals surface area (Å²) in [6.45, 7) is 0. The van der Waals surface area contributed by atoms with E-state index in [1.165, 1.54) is 70.6 Å². The summed E-state index contributed by atoms with van der Waals surface area (Å²) in [4.78, 5) is 21.6. The Balaban J connectivity index is 1.98. The van der Waals surface area contributed by atoms with Crippen LogP contribution in [-0.2, 0) is 9.59 Å². The van der Waals surface area contributed by atoms with Crippen LogP contribution in [0.2, 0.25) is 0 Å². The van der Waals surface area contributed by atoms with Crippen LogP contribution in [0, 0.1) is 5.92 Å². The minimum atomic E-state index is -1.61. The third kappa shape index (κ3) is 11.5. The van der Waals surface area contributed by atoms with Crippen LogP contribution in [0.5, 0.6) is 0 Å². The van der Waals surface area contributed by atoms with Crippen molar-refractivity contribution in [1.82, 2.24) is 0 Å². The van der Waals surface area contributed by atoms with E-state index in [0.29, 0.717) is 6.42 Å². The van der Waals surface area contributed by atoms with Gasteiger partial charge in [-0.25, -0.2) is 0 Å². The molecule has 1 fully saturated rings. The summed E-state index contributed by atoms with van der Waals surface area (Å²) in [6.07, 6.45) is 16.9. The summed E-state index contributed by atoms with van der Waals surface area (Å²) in [5, 5.41) is 27.9. The van der Waals surface area contributed by atoms with Gasteiger partial charge in [0.1, 0.15) is 0 Å². The zero-order chi connectivity index (χ0) is 19.3. The molecule has 5 heteroatoms. The molecule has 0 aliphatic heterocycles. The van der Waals surface area contributed by atoms with Gasteiger partial charge in [-0.2, -0.15) is 0 Å². The van der Waals surface area contributed by atoms with Gasteiger partial charge in [0.2, 0.25) is 0 Å². The zero-order valence-corrected chi connectivity index (χ0v) is 16.3. The summed E-state index contributed by atoms with van der Waals surface area (Å²) in [5.74, 6) is -1.32. The highest BCUT2D eigenvalue weighted by molar-refractivity contribution is 5.72. The maximum Gasteiger partial charge on any atom is 0.306 e. The summed E-state index contributed by atoms with van der Waals surface area (Å²) < 4.78 is 0. The minimum absolute atomic E-state index is 0.243. The molecule has 0 heterocycles. The molecule has 1 rings (SSSR count). The predicted octanol–water partition coefficient (Wildman–Crippen LogP) is 5.15. The van der Waals surface area contributed by atoms with Gasteiger partial charge in [-0.3, -0.25) is 9.59 Å². The molecule has 5 nitrogen and oxygen atoms in total. The monoisotopic (exact) mass is 370 g/mol. The van der Waals surface area contributed by atoms with Gasteiger partial charge in [0.15, 0.2) is 0 Å². The zero-order valence-electron chi connectivity index (χ0n) is 16.3. The van der Waals surface area contributed by atoms with E-state index in [9.17, 15) is 14.7 Å². The molecular formula is C21H38O5. The summed E-state index contributed by atoms with van der Waals surface area (Å²) in [7, 11) is 0. The van der Waals surface area contributed by atoms with Crippen molar-refractivity contribution in [3.05, 3.63) is 0 Å². The number of aliphatic hydroxyl groups is 1. The third-order valence-corrected chi connectivity index (χ3v) is 5.69. The fourth-order valence-corrected chi connectivity index (χ4v) is 4.23. The van der Waals surface area contributed by atoms with E-state index in [1.807, 2.05) is 0 Å². The molecule has 0 aromatic heterocycles. The molecule has 1 aliphatic rings. The molecule has 0 bridgehead atoms. The van der Waals surface area contributed by atoms with E-state index in [2.05, 4.69) is 0 Å². The summed E-state index contributed by atoms with van der Waals surface area (Å²) >= 11 is 0. The van der Waals surface area contributed by atoms with E-state index < -0.39 is 30.4 Å². The Morgan fingerprint density at radius 1 is 0.731 bits per heavy atom. The molecule has 0 unspecified atom stereocenters. The van der Waals surface area contributed by atoms with Crippen LogP contribution in [-0.4, -0.2) is 32.9 Å². The Labute approximate surface area is 158 Å². The number of carbonyl (C=O) groups is 2. The SMILES string of the molecule is O=C(O)CC(O)(CCCCCCCCCCC1CCCCC1)CC(=O)O.